The molecule has 0 aliphatic carbocycles. The molecule has 2 rings (SSSR count). The van der Waals surface area contributed by atoms with Gasteiger partial charge in [0.1, 0.15) is 16.1 Å². The van der Waals surface area contributed by atoms with Crippen LogP contribution in [0.4, 0.5) is 0 Å². The first-order chi connectivity index (χ1) is 8.27. The van der Waals surface area contributed by atoms with Gasteiger partial charge in [-0.05, 0) is 16.3 Å². The summed E-state index contributed by atoms with van der Waals surface area (Å²) in [6.07, 6.45) is 3.63. The average Bonchev–Trinajstić information content (AvgIpc) is 2.41. The molecule has 0 unspecified atom stereocenters. The smallest absolute Gasteiger partial charge is 0.148 e. The topological polar surface area (TPSA) is 9.23 Å². The summed E-state index contributed by atoms with van der Waals surface area (Å²) < 4.78 is 5.73. The quantitative estimate of drug-likeness (QED) is 0.590. The summed E-state index contributed by atoms with van der Waals surface area (Å²) in [7, 11) is 0.634. The van der Waals surface area contributed by atoms with E-state index in [0.717, 1.165) is 5.56 Å². The Morgan fingerprint density at radius 1 is 1.00 bits per heavy atom. The van der Waals surface area contributed by atoms with Gasteiger partial charge in [0.2, 0.25) is 0 Å². The zero-order valence-electron chi connectivity index (χ0n) is 10.0. The Kier molecular flexibility index (Phi) is 3.27. The molecule has 0 heterocycles. The Morgan fingerprint density at radius 2 is 1.65 bits per heavy atom. The van der Waals surface area contributed by atoms with Gasteiger partial charge in [0.15, 0.2) is 0 Å². The van der Waals surface area contributed by atoms with Crippen LogP contribution >= 0.6 is 0 Å². The lowest BCUT2D eigenvalue weighted by atomic mass is 9.89. The maximum atomic E-state index is 5.73. The fourth-order valence-electron chi connectivity index (χ4n) is 2.15. The first-order valence-corrected chi connectivity index (χ1v) is 6.39. The predicted molar refractivity (Wildman–Crippen MR) is 77.0 cm³/mol. The third-order valence-corrected chi connectivity index (χ3v) is 3.83. The summed E-state index contributed by atoms with van der Waals surface area (Å²) in [5.41, 5.74) is 0.545. The van der Waals surface area contributed by atoms with Gasteiger partial charge in [-0.3, -0.25) is 0 Å². The molecular weight excluding hydrogens is 224 g/mol. The Morgan fingerprint density at radius 3 is 2.29 bits per heavy atom. The Bertz CT molecular complexity index is 546. The molecule has 1 nitrogen and oxygen atoms in total. The number of fused-ring (bicyclic) bond motifs is 1. The number of hydrogen-bond acceptors (Lipinski definition) is 1. The molecule has 0 aromatic heterocycles. The van der Waals surface area contributed by atoms with Crippen molar-refractivity contribution in [2.24, 2.45) is 0 Å². The second-order valence-corrected chi connectivity index (χ2v) is 4.34. The largest absolute Gasteiger partial charge is 0.412 e. The van der Waals surface area contributed by atoms with Gasteiger partial charge in [-0.1, -0.05) is 67.8 Å². The third-order valence-electron chi connectivity index (χ3n) is 3.15. The standard InChI is InChI=1S/C15H16OSi/c1-3-15(4-2,16-17)14-11-7-9-12-8-5-6-10-13(12)14/h3-11H,1-2H2,17H3. The summed E-state index contributed by atoms with van der Waals surface area (Å²) in [5, 5.41) is 2.39. The maximum absolute atomic E-state index is 5.73. The minimum Gasteiger partial charge on any atom is -0.412 e. The summed E-state index contributed by atoms with van der Waals surface area (Å²) in [4.78, 5) is 0. The van der Waals surface area contributed by atoms with Gasteiger partial charge in [0, 0.05) is 0 Å². The van der Waals surface area contributed by atoms with Gasteiger partial charge in [0.05, 0.1) is 0 Å². The molecule has 0 bridgehead atoms. The minimum absolute atomic E-state index is 0.562. The van der Waals surface area contributed by atoms with Crippen molar-refractivity contribution in [3.63, 3.8) is 0 Å². The molecule has 17 heavy (non-hydrogen) atoms. The predicted octanol–water partition coefficient (Wildman–Crippen LogP) is 2.70. The van der Waals surface area contributed by atoms with Crippen LogP contribution in [0.5, 0.6) is 0 Å². The summed E-state index contributed by atoms with van der Waals surface area (Å²) in [6, 6.07) is 14.5. The summed E-state index contributed by atoms with van der Waals surface area (Å²) in [5.74, 6) is 0. The van der Waals surface area contributed by atoms with E-state index in [0.29, 0.717) is 10.5 Å². The highest BCUT2D eigenvalue weighted by Crippen LogP contribution is 2.33. The Hall–Kier alpha value is -1.64. The highest BCUT2D eigenvalue weighted by atomic mass is 28.2. The van der Waals surface area contributed by atoms with E-state index in [2.05, 4.69) is 37.4 Å². The lowest BCUT2D eigenvalue weighted by molar-refractivity contribution is 0.195. The van der Waals surface area contributed by atoms with Gasteiger partial charge in [-0.2, -0.15) is 0 Å². The summed E-state index contributed by atoms with van der Waals surface area (Å²) >= 11 is 0. The van der Waals surface area contributed by atoms with Gasteiger partial charge in [0.25, 0.3) is 0 Å². The molecule has 0 atom stereocenters. The number of hydrogen-bond donors (Lipinski definition) is 0. The lowest BCUT2D eigenvalue weighted by Gasteiger charge is -2.28. The van der Waals surface area contributed by atoms with Crippen molar-refractivity contribution in [3.8, 4) is 0 Å². The molecule has 0 N–H and O–H groups in total. The van der Waals surface area contributed by atoms with Crippen molar-refractivity contribution >= 4 is 21.3 Å². The van der Waals surface area contributed by atoms with E-state index < -0.39 is 5.60 Å². The zero-order chi connectivity index (χ0) is 12.3. The van der Waals surface area contributed by atoms with Crippen molar-refractivity contribution in [1.29, 1.82) is 0 Å². The van der Waals surface area contributed by atoms with E-state index in [9.17, 15) is 0 Å². The monoisotopic (exact) mass is 240 g/mol. The van der Waals surface area contributed by atoms with E-state index in [1.165, 1.54) is 10.8 Å². The number of rotatable bonds is 4. The van der Waals surface area contributed by atoms with Gasteiger partial charge >= 0.3 is 0 Å². The maximum Gasteiger partial charge on any atom is 0.148 e. The van der Waals surface area contributed by atoms with Crippen LogP contribution in [0.1, 0.15) is 5.56 Å². The normalized spacial score (nSPS) is 11.5. The second-order valence-electron chi connectivity index (χ2n) is 3.93. The summed E-state index contributed by atoms with van der Waals surface area (Å²) in [6.45, 7) is 7.77. The molecule has 0 aliphatic heterocycles. The van der Waals surface area contributed by atoms with Crippen molar-refractivity contribution < 1.29 is 4.43 Å². The molecule has 2 heteroatoms. The molecule has 0 fully saturated rings. The molecular formula is C15H16OSi. The second kappa shape index (κ2) is 4.70. The molecule has 2 aromatic carbocycles. The highest BCUT2D eigenvalue weighted by molar-refractivity contribution is 5.99. The van der Waals surface area contributed by atoms with Gasteiger partial charge < -0.3 is 4.43 Å². The highest BCUT2D eigenvalue weighted by Gasteiger charge is 2.25. The fraction of sp³-hybridized carbons (Fsp3) is 0.0667. The van der Waals surface area contributed by atoms with Crippen LogP contribution in [-0.4, -0.2) is 10.5 Å². The van der Waals surface area contributed by atoms with E-state index in [-0.39, 0.29) is 0 Å². The van der Waals surface area contributed by atoms with Crippen LogP contribution in [0.2, 0.25) is 0 Å². The molecule has 0 saturated carbocycles. The molecule has 2 aromatic rings. The lowest BCUT2D eigenvalue weighted by Crippen LogP contribution is -2.23. The average molecular weight is 240 g/mol. The van der Waals surface area contributed by atoms with Crippen molar-refractivity contribution in [3.05, 3.63) is 73.3 Å². The molecule has 86 valence electrons. The van der Waals surface area contributed by atoms with Gasteiger partial charge in [-0.25, -0.2) is 0 Å². The van der Waals surface area contributed by atoms with Crippen molar-refractivity contribution in [2.45, 2.75) is 5.60 Å². The SMILES string of the molecule is C=CC(C=C)(O[SiH3])c1cccc2ccccc12. The van der Waals surface area contributed by atoms with Crippen LogP contribution in [0.3, 0.4) is 0 Å². The fourth-order valence-corrected chi connectivity index (χ4v) is 2.70. The first-order valence-electron chi connectivity index (χ1n) is 5.58. The molecule has 0 saturated heterocycles. The van der Waals surface area contributed by atoms with E-state index >= 15 is 0 Å². The molecule has 0 aliphatic rings. The first kappa shape index (κ1) is 11.8. The van der Waals surface area contributed by atoms with Crippen molar-refractivity contribution in [2.75, 3.05) is 0 Å². The molecule has 0 amide bonds. The molecule has 0 radical (unpaired) electrons. The Labute approximate surface area is 105 Å². The van der Waals surface area contributed by atoms with Crippen molar-refractivity contribution in [1.82, 2.24) is 0 Å². The van der Waals surface area contributed by atoms with Gasteiger partial charge in [-0.15, -0.1) is 0 Å². The molecule has 0 spiro atoms. The van der Waals surface area contributed by atoms with E-state index in [1.54, 1.807) is 0 Å². The number of benzene rings is 2. The van der Waals surface area contributed by atoms with Crippen LogP contribution in [0.15, 0.2) is 67.8 Å². The van der Waals surface area contributed by atoms with Crippen LogP contribution in [0, 0.1) is 0 Å². The zero-order valence-corrected chi connectivity index (χ0v) is 12.0. The van der Waals surface area contributed by atoms with Crippen LogP contribution in [-0.2, 0) is 10.0 Å². The van der Waals surface area contributed by atoms with Crippen LogP contribution < -0.4 is 0 Å². The minimum atomic E-state index is -0.562. The van der Waals surface area contributed by atoms with E-state index in [1.807, 2.05) is 30.4 Å². The third kappa shape index (κ3) is 1.86. The Balaban J connectivity index is 2.78. The van der Waals surface area contributed by atoms with E-state index in [4.69, 9.17) is 4.43 Å². The van der Waals surface area contributed by atoms with Crippen LogP contribution in [0.25, 0.3) is 10.8 Å².